The maximum Gasteiger partial charge on any atom is 0.164 e. The highest BCUT2D eigenvalue weighted by molar-refractivity contribution is 5.36. The van der Waals surface area contributed by atoms with Gasteiger partial charge >= 0.3 is 0 Å². The first-order valence-corrected chi connectivity index (χ1v) is 9.17. The number of benzene rings is 1. The summed E-state index contributed by atoms with van der Waals surface area (Å²) in [5.74, 6) is 0.122. The topological polar surface area (TPSA) is 104 Å². The lowest BCUT2D eigenvalue weighted by molar-refractivity contribution is -0.0965. The van der Waals surface area contributed by atoms with Gasteiger partial charge in [0.2, 0.25) is 0 Å². The molecule has 1 aromatic rings. The third kappa shape index (κ3) is 9.77. The quantitative estimate of drug-likeness (QED) is 0.273. The average Bonchev–Trinajstić information content (AvgIpc) is 2.52. The largest absolute Gasteiger partial charge is 0.508 e. The van der Waals surface area contributed by atoms with Crippen molar-refractivity contribution in [1.82, 2.24) is 4.90 Å². The van der Waals surface area contributed by atoms with Crippen molar-refractivity contribution in [1.29, 1.82) is 0 Å². The predicted molar refractivity (Wildman–Crippen MR) is 96.9 cm³/mol. The second-order valence-corrected chi connectivity index (χ2v) is 6.64. The maximum atomic E-state index is 10.0. The minimum atomic E-state index is -1.58. The summed E-state index contributed by atoms with van der Waals surface area (Å²) in [7, 11) is 0. The van der Waals surface area contributed by atoms with Gasteiger partial charge in [0.1, 0.15) is 5.75 Å². The van der Waals surface area contributed by atoms with E-state index in [4.69, 9.17) is 20.4 Å². The van der Waals surface area contributed by atoms with E-state index in [9.17, 15) is 5.11 Å². The lowest BCUT2D eigenvalue weighted by atomic mass is 10.0. The summed E-state index contributed by atoms with van der Waals surface area (Å²) in [4.78, 5) is 1.49. The van der Waals surface area contributed by atoms with Crippen LogP contribution in [0.5, 0.6) is 5.75 Å². The van der Waals surface area contributed by atoms with Crippen molar-refractivity contribution in [3.05, 3.63) is 29.3 Å². The molecule has 0 saturated heterocycles. The Hall–Kier alpha value is -1.18. The number of aliphatic hydroxyl groups is 4. The Morgan fingerprint density at radius 3 is 2.08 bits per heavy atom. The molecule has 6 heteroatoms. The Morgan fingerprint density at radius 1 is 0.880 bits per heavy atom. The van der Waals surface area contributed by atoms with Crippen LogP contribution >= 0.6 is 0 Å². The number of nitrogens with zero attached hydrogens (tertiary/aromatic N) is 1. The van der Waals surface area contributed by atoms with Crippen LogP contribution in [0.3, 0.4) is 0 Å². The molecule has 0 radical (unpaired) electrons. The normalized spacial score (nSPS) is 11.8. The molecule has 144 valence electrons. The molecule has 6 nitrogen and oxygen atoms in total. The molecule has 5 N–H and O–H groups in total. The molecule has 0 fully saturated rings. The first-order valence-electron chi connectivity index (χ1n) is 9.17. The van der Waals surface area contributed by atoms with Crippen LogP contribution in [0, 0.1) is 0 Å². The van der Waals surface area contributed by atoms with Gasteiger partial charge in [-0.2, -0.15) is 0 Å². The zero-order chi connectivity index (χ0) is 18.7. The maximum absolute atomic E-state index is 10.0. The fraction of sp³-hybridized carbons (Fsp3) is 0.684. The van der Waals surface area contributed by atoms with Crippen molar-refractivity contribution in [3.63, 3.8) is 0 Å². The van der Waals surface area contributed by atoms with E-state index >= 15 is 0 Å². The van der Waals surface area contributed by atoms with E-state index in [-0.39, 0.29) is 25.4 Å². The van der Waals surface area contributed by atoms with Gasteiger partial charge < -0.3 is 25.5 Å². The summed E-state index contributed by atoms with van der Waals surface area (Å²) >= 11 is 0. The Morgan fingerprint density at radius 2 is 1.48 bits per heavy atom. The summed E-state index contributed by atoms with van der Waals surface area (Å²) in [6, 6.07) is 5.45. The smallest absolute Gasteiger partial charge is 0.164 e. The monoisotopic (exact) mass is 355 g/mol. The van der Waals surface area contributed by atoms with Gasteiger partial charge in [-0.1, -0.05) is 51.2 Å². The molecule has 1 aromatic carbocycles. The molecule has 0 aliphatic carbocycles. The third-order valence-corrected chi connectivity index (χ3v) is 4.20. The second-order valence-electron chi connectivity index (χ2n) is 6.64. The molecule has 0 aliphatic heterocycles. The first-order chi connectivity index (χ1) is 11.9. The van der Waals surface area contributed by atoms with Gasteiger partial charge in [-0.25, -0.2) is 0 Å². The number of unbranched alkanes of at least 4 members (excludes halogenated alkanes) is 5. The SMILES string of the molecule is CCCCCCCCc1ccc(O)c(CN(CC(O)O)CC(O)O)c1. The van der Waals surface area contributed by atoms with Gasteiger partial charge in [0.15, 0.2) is 12.6 Å². The van der Waals surface area contributed by atoms with E-state index < -0.39 is 12.6 Å². The molecule has 0 aliphatic rings. The van der Waals surface area contributed by atoms with Crippen LogP contribution in [0.2, 0.25) is 0 Å². The van der Waals surface area contributed by atoms with E-state index in [0.717, 1.165) is 18.4 Å². The zero-order valence-corrected chi connectivity index (χ0v) is 15.1. The number of phenols is 1. The van der Waals surface area contributed by atoms with Gasteiger partial charge in [-0.15, -0.1) is 0 Å². The van der Waals surface area contributed by atoms with Crippen molar-refractivity contribution >= 4 is 0 Å². The van der Waals surface area contributed by atoms with Gasteiger partial charge in [0.25, 0.3) is 0 Å². The zero-order valence-electron chi connectivity index (χ0n) is 15.1. The fourth-order valence-corrected chi connectivity index (χ4v) is 2.94. The van der Waals surface area contributed by atoms with Crippen molar-refractivity contribution in [2.45, 2.75) is 71.0 Å². The van der Waals surface area contributed by atoms with E-state index in [2.05, 4.69) is 6.92 Å². The Balaban J connectivity index is 2.59. The highest BCUT2D eigenvalue weighted by Gasteiger charge is 2.15. The van der Waals surface area contributed by atoms with Crippen molar-refractivity contribution in [3.8, 4) is 5.75 Å². The van der Waals surface area contributed by atoms with E-state index in [1.165, 1.54) is 37.0 Å². The number of aliphatic hydroxyl groups excluding tert-OH is 2. The molecule has 25 heavy (non-hydrogen) atoms. The summed E-state index contributed by atoms with van der Waals surface area (Å²) in [6.07, 6.45) is 5.12. The Labute approximate surface area is 150 Å². The number of aromatic hydroxyl groups is 1. The van der Waals surface area contributed by atoms with Crippen molar-refractivity contribution in [2.24, 2.45) is 0 Å². The average molecular weight is 355 g/mol. The Bertz CT molecular complexity index is 469. The second kappa shape index (κ2) is 12.2. The molecule has 0 heterocycles. The summed E-state index contributed by atoms with van der Waals surface area (Å²) in [6.45, 7) is 2.16. The molecule has 0 unspecified atom stereocenters. The number of hydrogen-bond donors (Lipinski definition) is 5. The minimum Gasteiger partial charge on any atom is -0.508 e. The molecular weight excluding hydrogens is 322 g/mol. The first kappa shape index (κ1) is 21.9. The van der Waals surface area contributed by atoms with Crippen LogP contribution in [-0.4, -0.2) is 56.1 Å². The minimum absolute atomic E-state index is 0.122. The summed E-state index contributed by atoms with van der Waals surface area (Å²) in [5, 5.41) is 46.6. The van der Waals surface area contributed by atoms with Crippen LogP contribution in [0.15, 0.2) is 18.2 Å². The van der Waals surface area contributed by atoms with Crippen molar-refractivity contribution < 1.29 is 25.5 Å². The number of aryl methyl sites for hydroxylation is 1. The molecular formula is C19H33NO5. The molecule has 0 atom stereocenters. The third-order valence-electron chi connectivity index (χ3n) is 4.20. The Kier molecular flexibility index (Phi) is 10.7. The molecule has 0 amide bonds. The van der Waals surface area contributed by atoms with Crippen LogP contribution in [0.25, 0.3) is 0 Å². The van der Waals surface area contributed by atoms with Crippen LogP contribution < -0.4 is 0 Å². The van der Waals surface area contributed by atoms with Crippen LogP contribution in [0.4, 0.5) is 0 Å². The highest BCUT2D eigenvalue weighted by Crippen LogP contribution is 2.22. The molecule has 0 saturated carbocycles. The molecule has 0 spiro atoms. The lowest BCUT2D eigenvalue weighted by Gasteiger charge is -2.24. The molecule has 0 aromatic heterocycles. The summed E-state index contributed by atoms with van der Waals surface area (Å²) < 4.78 is 0. The van der Waals surface area contributed by atoms with Crippen LogP contribution in [-0.2, 0) is 13.0 Å². The van der Waals surface area contributed by atoms with Gasteiger partial charge in [0, 0.05) is 25.2 Å². The number of hydrogen-bond acceptors (Lipinski definition) is 6. The van der Waals surface area contributed by atoms with E-state index in [1.54, 1.807) is 6.07 Å². The highest BCUT2D eigenvalue weighted by atomic mass is 16.5. The molecule has 1 rings (SSSR count). The van der Waals surface area contributed by atoms with Crippen molar-refractivity contribution in [2.75, 3.05) is 13.1 Å². The number of phenolic OH excluding ortho intramolecular Hbond substituents is 1. The predicted octanol–water partition coefficient (Wildman–Crippen LogP) is 1.72. The number of rotatable bonds is 13. The van der Waals surface area contributed by atoms with E-state index in [0.29, 0.717) is 5.56 Å². The summed E-state index contributed by atoms with van der Waals surface area (Å²) in [5.41, 5.74) is 1.77. The van der Waals surface area contributed by atoms with Gasteiger partial charge in [0.05, 0.1) is 0 Å². The standard InChI is InChI=1S/C19H33NO5/c1-2-3-4-5-6-7-8-15-9-10-17(21)16(11-15)12-20(13-18(22)23)14-19(24)25/h9-11,18-19,21-25H,2-8,12-14H2,1H3. The van der Waals surface area contributed by atoms with Gasteiger partial charge in [-0.05, 0) is 24.5 Å². The van der Waals surface area contributed by atoms with Crippen LogP contribution in [0.1, 0.15) is 56.6 Å². The van der Waals surface area contributed by atoms with Gasteiger partial charge in [-0.3, -0.25) is 4.90 Å². The van der Waals surface area contributed by atoms with E-state index in [1.807, 2.05) is 12.1 Å². The fourth-order valence-electron chi connectivity index (χ4n) is 2.94. The molecule has 0 bridgehead atoms. The lowest BCUT2D eigenvalue weighted by Crippen LogP contribution is -2.37.